The summed E-state index contributed by atoms with van der Waals surface area (Å²) < 4.78 is 1.49. The van der Waals surface area contributed by atoms with E-state index in [-0.39, 0.29) is 11.3 Å². The minimum absolute atomic E-state index is 0.0454. The average molecular weight is 325 g/mol. The summed E-state index contributed by atoms with van der Waals surface area (Å²) in [5.74, 6) is 7.67. The lowest BCUT2D eigenvalue weighted by Crippen LogP contribution is -2.41. The fourth-order valence-corrected chi connectivity index (χ4v) is 3.46. The molecular weight excluding hydrogens is 298 g/mol. The van der Waals surface area contributed by atoms with Crippen molar-refractivity contribution in [3.63, 3.8) is 0 Å². The molecule has 0 spiro atoms. The zero-order chi connectivity index (χ0) is 16.3. The second kappa shape index (κ2) is 6.89. The molecule has 1 aliphatic rings. The number of nitrogens with zero attached hydrogens (tertiary/aromatic N) is 3. The van der Waals surface area contributed by atoms with Crippen molar-refractivity contribution in [3.05, 3.63) is 5.82 Å². The zero-order valence-electron chi connectivity index (χ0n) is 13.9. The van der Waals surface area contributed by atoms with Crippen LogP contribution in [0.25, 0.3) is 0 Å². The highest BCUT2D eigenvalue weighted by molar-refractivity contribution is 7.99. The molecule has 0 radical (unpaired) electrons. The topological polar surface area (TPSA) is 85.8 Å². The third-order valence-corrected chi connectivity index (χ3v) is 5.07. The van der Waals surface area contributed by atoms with Crippen LogP contribution in [0.2, 0.25) is 0 Å². The third kappa shape index (κ3) is 4.15. The van der Waals surface area contributed by atoms with Gasteiger partial charge in [0.2, 0.25) is 11.1 Å². The highest BCUT2D eigenvalue weighted by Crippen LogP contribution is 2.25. The maximum Gasteiger partial charge on any atom is 0.230 e. The summed E-state index contributed by atoms with van der Waals surface area (Å²) in [5.41, 5.74) is -0.166. The van der Waals surface area contributed by atoms with E-state index < -0.39 is 0 Å². The van der Waals surface area contributed by atoms with Crippen molar-refractivity contribution in [2.45, 2.75) is 70.0 Å². The number of thioether (sulfide) groups is 1. The van der Waals surface area contributed by atoms with Crippen molar-refractivity contribution in [1.82, 2.24) is 20.2 Å². The van der Waals surface area contributed by atoms with Crippen LogP contribution in [0.1, 0.15) is 59.2 Å². The van der Waals surface area contributed by atoms with Crippen molar-refractivity contribution >= 4 is 17.7 Å². The molecule has 3 N–H and O–H groups in total. The van der Waals surface area contributed by atoms with E-state index in [0.29, 0.717) is 22.9 Å². The molecule has 1 aromatic heterocycles. The van der Waals surface area contributed by atoms with Gasteiger partial charge in [0.25, 0.3) is 0 Å². The Morgan fingerprint density at radius 1 is 1.36 bits per heavy atom. The van der Waals surface area contributed by atoms with Crippen molar-refractivity contribution in [2.24, 2.45) is 5.92 Å². The van der Waals surface area contributed by atoms with Gasteiger partial charge in [0.15, 0.2) is 5.82 Å². The van der Waals surface area contributed by atoms with E-state index in [1.165, 1.54) is 35.7 Å². The standard InChI is InChI=1S/C15H27N5OS/c1-10-7-5-6-8-11(10)17-12(21)9-22-14-19-18-13(20(14)16)15(2,3)4/h10-11H,5-9,16H2,1-4H3,(H,17,21)/t10-,11-/m1/s1. The highest BCUT2D eigenvalue weighted by atomic mass is 32.2. The molecule has 1 amide bonds. The quantitative estimate of drug-likeness (QED) is 0.654. The molecule has 2 atom stereocenters. The third-order valence-electron chi connectivity index (χ3n) is 4.13. The number of nitrogens with two attached hydrogens (primary N) is 1. The maximum atomic E-state index is 12.1. The number of hydrogen-bond donors (Lipinski definition) is 2. The summed E-state index contributed by atoms with van der Waals surface area (Å²) in [7, 11) is 0. The van der Waals surface area contributed by atoms with Gasteiger partial charge in [-0.05, 0) is 18.8 Å². The molecule has 0 aromatic carbocycles. The minimum atomic E-state index is -0.166. The molecule has 1 fully saturated rings. The van der Waals surface area contributed by atoms with Gasteiger partial charge in [0, 0.05) is 11.5 Å². The van der Waals surface area contributed by atoms with E-state index in [1.54, 1.807) is 0 Å². The van der Waals surface area contributed by atoms with Crippen molar-refractivity contribution in [3.8, 4) is 0 Å². The molecule has 124 valence electrons. The molecule has 0 bridgehead atoms. The van der Waals surface area contributed by atoms with Gasteiger partial charge in [-0.2, -0.15) is 0 Å². The first kappa shape index (κ1) is 17.1. The van der Waals surface area contributed by atoms with Crippen LogP contribution in [0.15, 0.2) is 5.16 Å². The van der Waals surface area contributed by atoms with Crippen LogP contribution < -0.4 is 11.2 Å². The lowest BCUT2D eigenvalue weighted by Gasteiger charge is -2.29. The minimum Gasteiger partial charge on any atom is -0.352 e. The maximum absolute atomic E-state index is 12.1. The molecule has 2 rings (SSSR count). The molecule has 1 aliphatic carbocycles. The predicted molar refractivity (Wildman–Crippen MR) is 89.2 cm³/mol. The molecule has 1 heterocycles. The van der Waals surface area contributed by atoms with E-state index in [4.69, 9.17) is 5.84 Å². The van der Waals surface area contributed by atoms with Crippen LogP contribution in [-0.4, -0.2) is 32.6 Å². The summed E-state index contributed by atoms with van der Waals surface area (Å²) in [6.45, 7) is 8.31. The van der Waals surface area contributed by atoms with Gasteiger partial charge in [0.1, 0.15) is 0 Å². The van der Waals surface area contributed by atoms with Crippen molar-refractivity contribution in [2.75, 3.05) is 11.6 Å². The van der Waals surface area contributed by atoms with Crippen LogP contribution in [0.3, 0.4) is 0 Å². The van der Waals surface area contributed by atoms with Crippen LogP contribution >= 0.6 is 11.8 Å². The Bertz CT molecular complexity index is 522. The summed E-state index contributed by atoms with van der Waals surface area (Å²) >= 11 is 1.33. The van der Waals surface area contributed by atoms with Gasteiger partial charge < -0.3 is 11.2 Å². The Labute approximate surface area is 136 Å². The number of hydrogen-bond acceptors (Lipinski definition) is 5. The monoisotopic (exact) mass is 325 g/mol. The van der Waals surface area contributed by atoms with Crippen molar-refractivity contribution < 1.29 is 4.79 Å². The molecule has 6 nitrogen and oxygen atoms in total. The van der Waals surface area contributed by atoms with E-state index >= 15 is 0 Å². The Morgan fingerprint density at radius 2 is 2.05 bits per heavy atom. The van der Waals surface area contributed by atoms with Gasteiger partial charge in [0.05, 0.1) is 5.75 Å². The second-order valence-electron chi connectivity index (χ2n) is 7.15. The number of carbonyl (C=O) groups excluding carboxylic acids is 1. The smallest absolute Gasteiger partial charge is 0.230 e. The van der Waals surface area contributed by atoms with E-state index in [1.807, 2.05) is 20.8 Å². The van der Waals surface area contributed by atoms with E-state index in [9.17, 15) is 4.79 Å². The Hall–Kier alpha value is -1.24. The number of rotatable bonds is 4. The first-order valence-electron chi connectivity index (χ1n) is 7.92. The van der Waals surface area contributed by atoms with Crippen LogP contribution in [-0.2, 0) is 10.2 Å². The first-order valence-corrected chi connectivity index (χ1v) is 8.90. The van der Waals surface area contributed by atoms with Gasteiger partial charge >= 0.3 is 0 Å². The fraction of sp³-hybridized carbons (Fsp3) is 0.800. The molecule has 22 heavy (non-hydrogen) atoms. The fourth-order valence-electron chi connectivity index (χ4n) is 2.80. The van der Waals surface area contributed by atoms with Gasteiger partial charge in [-0.15, -0.1) is 10.2 Å². The van der Waals surface area contributed by atoms with Gasteiger partial charge in [-0.1, -0.05) is 52.3 Å². The molecule has 0 saturated heterocycles. The van der Waals surface area contributed by atoms with Crippen LogP contribution in [0.4, 0.5) is 0 Å². The van der Waals surface area contributed by atoms with Crippen molar-refractivity contribution in [1.29, 1.82) is 0 Å². The Balaban J connectivity index is 1.87. The molecular formula is C15H27N5OS. The molecule has 0 aliphatic heterocycles. The number of amides is 1. The SMILES string of the molecule is C[C@@H]1CCCC[C@H]1NC(=O)CSc1nnc(C(C)(C)C)n1N. The second-order valence-corrected chi connectivity index (χ2v) is 8.09. The predicted octanol–water partition coefficient (Wildman–Crippen LogP) is 2.08. The molecule has 7 heteroatoms. The number of nitrogens with one attached hydrogen (secondary N) is 1. The lowest BCUT2D eigenvalue weighted by atomic mass is 9.86. The Kier molecular flexibility index (Phi) is 5.36. The Morgan fingerprint density at radius 3 is 2.64 bits per heavy atom. The summed E-state index contributed by atoms with van der Waals surface area (Å²) in [5, 5.41) is 11.9. The van der Waals surface area contributed by atoms with Crippen LogP contribution in [0.5, 0.6) is 0 Å². The number of aromatic nitrogens is 3. The number of carbonyl (C=O) groups is 1. The van der Waals surface area contributed by atoms with Crippen LogP contribution in [0, 0.1) is 5.92 Å². The lowest BCUT2D eigenvalue weighted by molar-refractivity contribution is -0.119. The van der Waals surface area contributed by atoms with E-state index in [0.717, 1.165) is 12.2 Å². The largest absolute Gasteiger partial charge is 0.352 e. The zero-order valence-corrected chi connectivity index (χ0v) is 14.7. The summed E-state index contributed by atoms with van der Waals surface area (Å²) in [6, 6.07) is 0.308. The first-order chi connectivity index (χ1) is 10.3. The summed E-state index contributed by atoms with van der Waals surface area (Å²) in [6.07, 6.45) is 4.76. The molecule has 1 aromatic rings. The number of nitrogen functional groups attached to an aromatic ring is 1. The van der Waals surface area contributed by atoms with E-state index in [2.05, 4.69) is 22.4 Å². The molecule has 1 saturated carbocycles. The van der Waals surface area contributed by atoms with Gasteiger partial charge in [-0.25, -0.2) is 4.68 Å². The molecule has 0 unspecified atom stereocenters. The average Bonchev–Trinajstić information content (AvgIpc) is 2.80. The summed E-state index contributed by atoms with van der Waals surface area (Å²) in [4.78, 5) is 12.1. The highest BCUT2D eigenvalue weighted by Gasteiger charge is 2.25. The van der Waals surface area contributed by atoms with Gasteiger partial charge in [-0.3, -0.25) is 4.79 Å². The normalized spacial score (nSPS) is 22.5.